The second-order valence-corrected chi connectivity index (χ2v) is 9.04. The Morgan fingerprint density at radius 1 is 1.21 bits per heavy atom. The highest BCUT2D eigenvalue weighted by atomic mass is 35.5. The maximum absolute atomic E-state index is 12.1. The van der Waals surface area contributed by atoms with Crippen molar-refractivity contribution < 1.29 is 9.21 Å². The van der Waals surface area contributed by atoms with E-state index in [2.05, 4.69) is 28.5 Å². The molecule has 1 amide bonds. The Kier molecular flexibility index (Phi) is 5.51. The number of hydrogen-bond acceptors (Lipinski definition) is 5. The molecule has 1 aromatic carbocycles. The Labute approximate surface area is 173 Å². The molecule has 0 unspecified atom stereocenters. The maximum Gasteiger partial charge on any atom is 0.227 e. The highest BCUT2D eigenvalue weighted by Crippen LogP contribution is 2.48. The quantitative estimate of drug-likeness (QED) is 0.601. The van der Waals surface area contributed by atoms with E-state index >= 15 is 0 Å². The van der Waals surface area contributed by atoms with Crippen molar-refractivity contribution >= 4 is 28.8 Å². The summed E-state index contributed by atoms with van der Waals surface area (Å²) in [7, 11) is 0. The van der Waals surface area contributed by atoms with Gasteiger partial charge in [0.05, 0.1) is 12.0 Å². The van der Waals surface area contributed by atoms with E-state index in [1.807, 2.05) is 30.3 Å². The normalized spacial score (nSPS) is 15.2. The summed E-state index contributed by atoms with van der Waals surface area (Å²) in [6, 6.07) is 12.0. The molecule has 5 nitrogen and oxygen atoms in total. The minimum atomic E-state index is -0.213. The van der Waals surface area contributed by atoms with Crippen LogP contribution in [0.1, 0.15) is 52.8 Å². The van der Waals surface area contributed by atoms with E-state index in [4.69, 9.17) is 16.0 Å². The Hall–Kier alpha value is -2.18. The lowest BCUT2D eigenvalue weighted by Crippen LogP contribution is -2.35. The molecule has 2 heterocycles. The van der Waals surface area contributed by atoms with Gasteiger partial charge in [-0.15, -0.1) is 21.5 Å². The fraction of sp³-hybridized carbons (Fsp3) is 0.381. The van der Waals surface area contributed by atoms with Gasteiger partial charge in [0.25, 0.3) is 0 Å². The SMILES string of the molecule is Cc1ccc(CNC(=O)CCc2nnc(C3(c4ccc(Cl)cc4)CCC3)o2)s1. The third-order valence-electron chi connectivity index (χ3n) is 5.30. The zero-order chi connectivity index (χ0) is 19.6. The first kappa shape index (κ1) is 19.2. The van der Waals surface area contributed by atoms with Crippen LogP contribution in [0.5, 0.6) is 0 Å². The van der Waals surface area contributed by atoms with E-state index in [0.29, 0.717) is 36.2 Å². The van der Waals surface area contributed by atoms with Crippen LogP contribution in [0.4, 0.5) is 0 Å². The van der Waals surface area contributed by atoms with Gasteiger partial charge < -0.3 is 9.73 Å². The van der Waals surface area contributed by atoms with Gasteiger partial charge in [0, 0.05) is 27.6 Å². The molecular weight excluding hydrogens is 394 g/mol. The highest BCUT2D eigenvalue weighted by molar-refractivity contribution is 7.11. The molecule has 3 aromatic rings. The van der Waals surface area contributed by atoms with Crippen LogP contribution < -0.4 is 5.32 Å². The third kappa shape index (κ3) is 3.98. The van der Waals surface area contributed by atoms with E-state index < -0.39 is 0 Å². The van der Waals surface area contributed by atoms with Gasteiger partial charge in [0.2, 0.25) is 17.7 Å². The van der Waals surface area contributed by atoms with Crippen molar-refractivity contribution in [2.45, 2.75) is 51.0 Å². The molecule has 0 spiro atoms. The van der Waals surface area contributed by atoms with Crippen molar-refractivity contribution in [2.24, 2.45) is 0 Å². The minimum Gasteiger partial charge on any atom is -0.424 e. The van der Waals surface area contributed by atoms with Crippen LogP contribution >= 0.6 is 22.9 Å². The van der Waals surface area contributed by atoms with Gasteiger partial charge in [-0.1, -0.05) is 30.2 Å². The summed E-state index contributed by atoms with van der Waals surface area (Å²) < 4.78 is 5.96. The largest absolute Gasteiger partial charge is 0.424 e. The highest BCUT2D eigenvalue weighted by Gasteiger charge is 2.45. The summed E-state index contributed by atoms with van der Waals surface area (Å²) in [5.41, 5.74) is 0.942. The molecule has 0 atom stereocenters. The number of hydrogen-bond donors (Lipinski definition) is 1. The lowest BCUT2D eigenvalue weighted by Gasteiger charge is -2.39. The molecule has 0 saturated heterocycles. The van der Waals surface area contributed by atoms with E-state index in [-0.39, 0.29) is 11.3 Å². The summed E-state index contributed by atoms with van der Waals surface area (Å²) in [6.45, 7) is 2.62. The molecule has 2 aromatic heterocycles. The summed E-state index contributed by atoms with van der Waals surface area (Å²) in [5, 5.41) is 12.1. The average Bonchev–Trinajstić information content (AvgIpc) is 3.28. The number of carbonyl (C=O) groups is 1. The molecule has 1 aliphatic carbocycles. The number of amides is 1. The smallest absolute Gasteiger partial charge is 0.227 e. The van der Waals surface area contributed by atoms with E-state index in [1.54, 1.807) is 11.3 Å². The molecule has 1 N–H and O–H groups in total. The predicted octanol–water partition coefficient (Wildman–Crippen LogP) is 4.81. The Bertz CT molecular complexity index is 960. The van der Waals surface area contributed by atoms with Crippen molar-refractivity contribution in [1.29, 1.82) is 0 Å². The minimum absolute atomic E-state index is 0.0122. The Balaban J connectivity index is 1.36. The number of nitrogens with zero attached hydrogens (tertiary/aromatic N) is 2. The van der Waals surface area contributed by atoms with Crippen LogP contribution in [0.25, 0.3) is 0 Å². The summed E-state index contributed by atoms with van der Waals surface area (Å²) in [4.78, 5) is 14.5. The lowest BCUT2D eigenvalue weighted by molar-refractivity contribution is -0.121. The van der Waals surface area contributed by atoms with Gasteiger partial charge >= 0.3 is 0 Å². The van der Waals surface area contributed by atoms with Gasteiger partial charge in [0.1, 0.15) is 0 Å². The number of rotatable bonds is 7. The topological polar surface area (TPSA) is 68.0 Å². The number of halogens is 1. The van der Waals surface area contributed by atoms with E-state index in [0.717, 1.165) is 29.7 Å². The van der Waals surface area contributed by atoms with Crippen LogP contribution in [-0.2, 0) is 23.2 Å². The first-order valence-corrected chi connectivity index (χ1v) is 10.7. The van der Waals surface area contributed by atoms with Gasteiger partial charge in [-0.25, -0.2) is 0 Å². The second kappa shape index (κ2) is 8.05. The number of aryl methyl sites for hydroxylation is 2. The first-order chi connectivity index (χ1) is 13.5. The zero-order valence-corrected chi connectivity index (χ0v) is 17.3. The number of carbonyl (C=O) groups excluding carboxylic acids is 1. The number of aromatic nitrogens is 2. The van der Waals surface area contributed by atoms with Crippen molar-refractivity contribution in [2.75, 3.05) is 0 Å². The summed E-state index contributed by atoms with van der Waals surface area (Å²) in [5.74, 6) is 1.14. The van der Waals surface area contributed by atoms with E-state index in [9.17, 15) is 4.79 Å². The Morgan fingerprint density at radius 3 is 2.64 bits per heavy atom. The monoisotopic (exact) mass is 415 g/mol. The Morgan fingerprint density at radius 2 is 2.00 bits per heavy atom. The van der Waals surface area contributed by atoms with Gasteiger partial charge in [-0.3, -0.25) is 4.79 Å². The molecule has 0 radical (unpaired) electrons. The van der Waals surface area contributed by atoms with Crippen molar-refractivity contribution in [1.82, 2.24) is 15.5 Å². The number of nitrogens with one attached hydrogen (secondary N) is 1. The third-order valence-corrected chi connectivity index (χ3v) is 6.55. The fourth-order valence-corrected chi connectivity index (χ4v) is 4.50. The molecule has 0 bridgehead atoms. The molecule has 1 fully saturated rings. The summed E-state index contributed by atoms with van der Waals surface area (Å²) >= 11 is 7.72. The van der Waals surface area contributed by atoms with E-state index in [1.165, 1.54) is 4.88 Å². The van der Waals surface area contributed by atoms with Crippen LogP contribution in [0.15, 0.2) is 40.8 Å². The summed E-state index contributed by atoms with van der Waals surface area (Å²) in [6.07, 6.45) is 3.87. The molecule has 146 valence electrons. The van der Waals surface area contributed by atoms with Gasteiger partial charge in [0.15, 0.2) is 0 Å². The van der Waals surface area contributed by atoms with Crippen molar-refractivity contribution in [3.63, 3.8) is 0 Å². The number of thiophene rings is 1. The standard InChI is InChI=1S/C21H22ClN3O2S/c1-14-3-8-17(28-14)13-23-18(26)9-10-19-24-25-20(27-19)21(11-2-12-21)15-4-6-16(22)7-5-15/h3-8H,2,9-13H2,1H3,(H,23,26). The molecule has 1 saturated carbocycles. The maximum atomic E-state index is 12.1. The first-order valence-electron chi connectivity index (χ1n) is 9.46. The zero-order valence-electron chi connectivity index (χ0n) is 15.7. The van der Waals surface area contributed by atoms with Crippen LogP contribution in [0.2, 0.25) is 5.02 Å². The average molecular weight is 416 g/mol. The molecular formula is C21H22ClN3O2S. The molecule has 4 rings (SSSR count). The number of benzene rings is 1. The van der Waals surface area contributed by atoms with Gasteiger partial charge in [-0.05, 0) is 49.6 Å². The molecule has 7 heteroatoms. The van der Waals surface area contributed by atoms with Crippen molar-refractivity contribution in [3.05, 3.63) is 68.5 Å². The van der Waals surface area contributed by atoms with Crippen LogP contribution in [-0.4, -0.2) is 16.1 Å². The predicted molar refractivity (Wildman–Crippen MR) is 110 cm³/mol. The van der Waals surface area contributed by atoms with Crippen LogP contribution in [0.3, 0.4) is 0 Å². The van der Waals surface area contributed by atoms with Crippen LogP contribution in [0, 0.1) is 6.92 Å². The molecule has 0 aliphatic heterocycles. The second-order valence-electron chi connectivity index (χ2n) is 7.23. The van der Waals surface area contributed by atoms with Crippen molar-refractivity contribution in [3.8, 4) is 0 Å². The molecule has 1 aliphatic rings. The molecule has 28 heavy (non-hydrogen) atoms. The lowest BCUT2D eigenvalue weighted by atomic mass is 9.64. The van der Waals surface area contributed by atoms with Gasteiger partial charge in [-0.2, -0.15) is 0 Å². The fourth-order valence-electron chi connectivity index (χ4n) is 3.55.